The number of aryl methyl sites for hydroxylation is 2. The molecule has 0 spiro atoms. The predicted octanol–water partition coefficient (Wildman–Crippen LogP) is 3.50. The Labute approximate surface area is 178 Å². The van der Waals surface area contributed by atoms with E-state index >= 15 is 0 Å². The van der Waals surface area contributed by atoms with Crippen molar-refractivity contribution in [3.05, 3.63) is 71.4 Å². The summed E-state index contributed by atoms with van der Waals surface area (Å²) >= 11 is 1.28. The maximum absolute atomic E-state index is 12.6. The first-order valence-electron chi connectivity index (χ1n) is 9.41. The molecule has 0 aliphatic rings. The molecule has 0 saturated heterocycles. The number of nitrogens with one attached hydrogen (secondary N) is 1. The van der Waals surface area contributed by atoms with Gasteiger partial charge >= 0.3 is 0 Å². The fourth-order valence-electron chi connectivity index (χ4n) is 2.98. The van der Waals surface area contributed by atoms with Gasteiger partial charge in [-0.05, 0) is 60.5 Å². The standard InChI is InChI=1S/C21H21N7OS/c1-14-7-9-17(10-8-14)27-19(11-12-22-27)23-20(29)13-30-21-24-25-26-28(21)18-6-4-5-15(2)16(18)3/h4-12H,13H2,1-3H3,(H,23,29). The Morgan fingerprint density at radius 1 is 1.03 bits per heavy atom. The number of tetrazole rings is 1. The topological polar surface area (TPSA) is 90.5 Å². The van der Waals surface area contributed by atoms with E-state index in [2.05, 4.69) is 25.9 Å². The van der Waals surface area contributed by atoms with E-state index in [-0.39, 0.29) is 11.7 Å². The Balaban J connectivity index is 1.45. The molecule has 152 valence electrons. The number of thioether (sulfide) groups is 1. The molecular formula is C21H21N7OS. The highest BCUT2D eigenvalue weighted by Gasteiger charge is 2.15. The Morgan fingerprint density at radius 2 is 1.83 bits per heavy atom. The van der Waals surface area contributed by atoms with Crippen LogP contribution in [0, 0.1) is 20.8 Å². The van der Waals surface area contributed by atoms with Crippen molar-refractivity contribution in [3.8, 4) is 11.4 Å². The number of carbonyl (C=O) groups excluding carboxylic acids is 1. The number of nitrogens with zero attached hydrogens (tertiary/aromatic N) is 6. The normalized spacial score (nSPS) is 10.9. The maximum atomic E-state index is 12.6. The predicted molar refractivity (Wildman–Crippen MR) is 116 cm³/mol. The number of hydrogen-bond acceptors (Lipinski definition) is 6. The van der Waals surface area contributed by atoms with Gasteiger partial charge in [-0.25, -0.2) is 4.68 Å². The molecule has 0 fully saturated rings. The summed E-state index contributed by atoms with van der Waals surface area (Å²) in [6.45, 7) is 6.10. The third-order valence-corrected chi connectivity index (χ3v) is 5.69. The van der Waals surface area contributed by atoms with Crippen molar-refractivity contribution in [2.45, 2.75) is 25.9 Å². The van der Waals surface area contributed by atoms with Gasteiger partial charge in [0.25, 0.3) is 0 Å². The summed E-state index contributed by atoms with van der Waals surface area (Å²) < 4.78 is 3.36. The number of hydrogen-bond donors (Lipinski definition) is 1. The third-order valence-electron chi connectivity index (χ3n) is 4.77. The molecule has 8 nitrogen and oxygen atoms in total. The SMILES string of the molecule is Cc1ccc(-n2nccc2NC(=O)CSc2nnnn2-c2cccc(C)c2C)cc1. The lowest BCUT2D eigenvalue weighted by Crippen LogP contribution is -2.17. The van der Waals surface area contributed by atoms with Crippen LogP contribution in [0.4, 0.5) is 5.82 Å². The van der Waals surface area contributed by atoms with E-state index in [0.717, 1.165) is 28.1 Å². The van der Waals surface area contributed by atoms with Crippen molar-refractivity contribution in [1.29, 1.82) is 0 Å². The maximum Gasteiger partial charge on any atom is 0.236 e. The van der Waals surface area contributed by atoms with E-state index in [1.165, 1.54) is 11.8 Å². The molecule has 0 aliphatic carbocycles. The molecule has 0 saturated carbocycles. The average Bonchev–Trinajstić information content (AvgIpc) is 3.39. The van der Waals surface area contributed by atoms with Crippen LogP contribution in [0.25, 0.3) is 11.4 Å². The van der Waals surface area contributed by atoms with E-state index in [0.29, 0.717) is 11.0 Å². The van der Waals surface area contributed by atoms with Gasteiger partial charge < -0.3 is 5.32 Å². The molecule has 4 aromatic rings. The molecule has 0 aliphatic heterocycles. The van der Waals surface area contributed by atoms with Crippen LogP contribution in [0.3, 0.4) is 0 Å². The van der Waals surface area contributed by atoms with Crippen molar-refractivity contribution in [1.82, 2.24) is 30.0 Å². The highest BCUT2D eigenvalue weighted by Crippen LogP contribution is 2.23. The van der Waals surface area contributed by atoms with Gasteiger partial charge in [0.15, 0.2) is 0 Å². The summed E-state index contributed by atoms with van der Waals surface area (Å²) in [4.78, 5) is 12.6. The minimum Gasteiger partial charge on any atom is -0.310 e. The lowest BCUT2D eigenvalue weighted by atomic mass is 10.1. The monoisotopic (exact) mass is 419 g/mol. The molecule has 0 unspecified atom stereocenters. The second-order valence-corrected chi connectivity index (χ2v) is 7.84. The number of rotatable bonds is 6. The van der Waals surface area contributed by atoms with Crippen LogP contribution >= 0.6 is 11.8 Å². The van der Waals surface area contributed by atoms with Crippen LogP contribution in [0.5, 0.6) is 0 Å². The lowest BCUT2D eigenvalue weighted by molar-refractivity contribution is -0.113. The zero-order valence-corrected chi connectivity index (χ0v) is 17.7. The molecule has 9 heteroatoms. The minimum absolute atomic E-state index is 0.163. The first-order chi connectivity index (χ1) is 14.5. The van der Waals surface area contributed by atoms with Crippen LogP contribution in [-0.2, 0) is 4.79 Å². The fraction of sp³-hybridized carbons (Fsp3) is 0.190. The third kappa shape index (κ3) is 4.11. The highest BCUT2D eigenvalue weighted by atomic mass is 32.2. The molecule has 30 heavy (non-hydrogen) atoms. The summed E-state index contributed by atoms with van der Waals surface area (Å²) in [7, 11) is 0. The summed E-state index contributed by atoms with van der Waals surface area (Å²) in [5.41, 5.74) is 5.20. The van der Waals surface area contributed by atoms with Crippen molar-refractivity contribution < 1.29 is 4.79 Å². The Hall–Kier alpha value is -3.46. The van der Waals surface area contributed by atoms with Crippen LogP contribution in [0.15, 0.2) is 59.9 Å². The first-order valence-corrected chi connectivity index (χ1v) is 10.4. The minimum atomic E-state index is -0.163. The molecule has 0 bridgehead atoms. The lowest BCUT2D eigenvalue weighted by Gasteiger charge is -2.10. The molecule has 1 N–H and O–H groups in total. The van der Waals surface area contributed by atoms with Gasteiger partial charge in [-0.2, -0.15) is 9.78 Å². The Morgan fingerprint density at radius 3 is 2.63 bits per heavy atom. The van der Waals surface area contributed by atoms with E-state index in [1.54, 1.807) is 21.6 Å². The molecular weight excluding hydrogens is 398 g/mol. The highest BCUT2D eigenvalue weighted by molar-refractivity contribution is 7.99. The van der Waals surface area contributed by atoms with E-state index < -0.39 is 0 Å². The largest absolute Gasteiger partial charge is 0.310 e. The van der Waals surface area contributed by atoms with Crippen LogP contribution in [0.1, 0.15) is 16.7 Å². The average molecular weight is 420 g/mol. The molecule has 0 atom stereocenters. The van der Waals surface area contributed by atoms with Crippen LogP contribution in [-0.4, -0.2) is 41.6 Å². The summed E-state index contributed by atoms with van der Waals surface area (Å²) in [6, 6.07) is 15.7. The van der Waals surface area contributed by atoms with Gasteiger partial charge in [0.05, 0.1) is 23.3 Å². The number of carbonyl (C=O) groups is 1. The second kappa shape index (κ2) is 8.50. The van der Waals surface area contributed by atoms with Gasteiger partial charge in [0, 0.05) is 6.07 Å². The van der Waals surface area contributed by atoms with Gasteiger partial charge in [-0.15, -0.1) is 5.10 Å². The summed E-state index contributed by atoms with van der Waals surface area (Å²) in [6.07, 6.45) is 1.66. The van der Waals surface area contributed by atoms with Crippen molar-refractivity contribution in [2.75, 3.05) is 11.1 Å². The van der Waals surface area contributed by atoms with Gasteiger partial charge in [0.1, 0.15) is 5.82 Å². The van der Waals surface area contributed by atoms with Crippen LogP contribution < -0.4 is 5.32 Å². The molecule has 4 rings (SSSR count). The molecule has 2 heterocycles. The van der Waals surface area contributed by atoms with E-state index in [4.69, 9.17) is 0 Å². The van der Waals surface area contributed by atoms with E-state index in [9.17, 15) is 4.79 Å². The van der Waals surface area contributed by atoms with Crippen molar-refractivity contribution >= 4 is 23.5 Å². The smallest absolute Gasteiger partial charge is 0.236 e. The van der Waals surface area contributed by atoms with Crippen molar-refractivity contribution in [3.63, 3.8) is 0 Å². The van der Waals surface area contributed by atoms with E-state index in [1.807, 2.05) is 63.2 Å². The zero-order valence-electron chi connectivity index (χ0n) is 16.9. The first kappa shape index (κ1) is 19.8. The van der Waals surface area contributed by atoms with Crippen LogP contribution in [0.2, 0.25) is 0 Å². The van der Waals surface area contributed by atoms with Gasteiger partial charge in [-0.3, -0.25) is 4.79 Å². The second-order valence-electron chi connectivity index (χ2n) is 6.89. The molecule has 0 radical (unpaired) electrons. The summed E-state index contributed by atoms with van der Waals surface area (Å²) in [5, 5.41) is 19.7. The number of aromatic nitrogens is 6. The van der Waals surface area contributed by atoms with Gasteiger partial charge in [0.2, 0.25) is 11.1 Å². The number of anilines is 1. The fourth-order valence-corrected chi connectivity index (χ4v) is 3.67. The quantitative estimate of drug-likeness (QED) is 0.481. The zero-order chi connectivity index (χ0) is 21.1. The number of benzene rings is 2. The molecule has 1 amide bonds. The van der Waals surface area contributed by atoms with Crippen molar-refractivity contribution in [2.24, 2.45) is 0 Å². The van der Waals surface area contributed by atoms with Gasteiger partial charge in [-0.1, -0.05) is 41.6 Å². The Bertz CT molecular complexity index is 1180. The number of amides is 1. The summed E-state index contributed by atoms with van der Waals surface area (Å²) in [5.74, 6) is 0.618. The Kier molecular flexibility index (Phi) is 5.62. The molecule has 2 aromatic carbocycles. The molecule has 2 aromatic heterocycles.